The zero-order valence-corrected chi connectivity index (χ0v) is 10.4. The summed E-state index contributed by atoms with van der Waals surface area (Å²) in [5.74, 6) is 0. The Bertz CT molecular complexity index is 279. The number of aromatic nitrogens is 3. The van der Waals surface area contributed by atoms with Gasteiger partial charge in [-0.15, -0.1) is 12.4 Å². The number of halogens is 1. The van der Waals surface area contributed by atoms with Crippen LogP contribution >= 0.6 is 12.4 Å². The van der Waals surface area contributed by atoms with Crippen molar-refractivity contribution < 1.29 is 0 Å². The topological polar surface area (TPSA) is 60.0 Å². The first-order chi connectivity index (χ1) is 7.25. The van der Waals surface area contributed by atoms with Crippen LogP contribution in [-0.2, 0) is 0 Å². The Balaban J connectivity index is 0.00000128. The number of rotatable bonds is 3. The van der Waals surface area contributed by atoms with Gasteiger partial charge in [0.15, 0.2) is 0 Å². The van der Waals surface area contributed by atoms with Gasteiger partial charge in [-0.1, -0.05) is 0 Å². The van der Waals surface area contributed by atoms with Crippen LogP contribution in [0.2, 0.25) is 0 Å². The number of likely N-dealkylation sites (tertiary alicyclic amines) is 1. The van der Waals surface area contributed by atoms with E-state index in [2.05, 4.69) is 21.9 Å². The summed E-state index contributed by atoms with van der Waals surface area (Å²) in [4.78, 5) is 6.41. The summed E-state index contributed by atoms with van der Waals surface area (Å²) in [5.41, 5.74) is 5.78. The first-order valence-corrected chi connectivity index (χ1v) is 5.58. The Morgan fingerprint density at radius 3 is 2.62 bits per heavy atom. The number of nitrogens with two attached hydrogens (primary N) is 1. The zero-order valence-electron chi connectivity index (χ0n) is 9.62. The van der Waals surface area contributed by atoms with Gasteiger partial charge in [-0.2, -0.15) is 5.10 Å². The first kappa shape index (κ1) is 13.4. The molecule has 1 aromatic heterocycles. The number of nitrogens with zero attached hydrogens (tertiary/aromatic N) is 4. The lowest BCUT2D eigenvalue weighted by Gasteiger charge is -2.32. The summed E-state index contributed by atoms with van der Waals surface area (Å²) in [7, 11) is 0. The zero-order chi connectivity index (χ0) is 10.7. The van der Waals surface area contributed by atoms with E-state index in [1.807, 2.05) is 11.0 Å². The molecule has 6 heteroatoms. The van der Waals surface area contributed by atoms with Crippen molar-refractivity contribution in [1.82, 2.24) is 19.7 Å². The van der Waals surface area contributed by atoms with Gasteiger partial charge in [0.25, 0.3) is 0 Å². The minimum absolute atomic E-state index is 0. The fourth-order valence-electron chi connectivity index (χ4n) is 2.18. The summed E-state index contributed by atoms with van der Waals surface area (Å²) < 4.78 is 1.98. The van der Waals surface area contributed by atoms with Crippen molar-refractivity contribution in [3.05, 3.63) is 12.7 Å². The highest BCUT2D eigenvalue weighted by atomic mass is 35.5. The van der Waals surface area contributed by atoms with Crippen molar-refractivity contribution in [2.75, 3.05) is 19.6 Å². The van der Waals surface area contributed by atoms with Crippen LogP contribution in [-0.4, -0.2) is 45.3 Å². The molecule has 92 valence electrons. The van der Waals surface area contributed by atoms with E-state index in [1.54, 1.807) is 6.33 Å². The van der Waals surface area contributed by atoms with Crippen LogP contribution in [0.5, 0.6) is 0 Å². The molecule has 2 heterocycles. The first-order valence-electron chi connectivity index (χ1n) is 5.58. The lowest BCUT2D eigenvalue weighted by Crippen LogP contribution is -2.41. The maximum absolute atomic E-state index is 5.78. The van der Waals surface area contributed by atoms with Gasteiger partial charge in [-0.25, -0.2) is 9.67 Å². The van der Waals surface area contributed by atoms with Gasteiger partial charge in [0.05, 0.1) is 6.04 Å². The average molecular weight is 246 g/mol. The highest BCUT2D eigenvalue weighted by molar-refractivity contribution is 5.85. The minimum atomic E-state index is 0. The molecule has 1 aliphatic rings. The van der Waals surface area contributed by atoms with Gasteiger partial charge in [0.1, 0.15) is 12.7 Å². The maximum atomic E-state index is 5.78. The third kappa shape index (κ3) is 3.43. The molecule has 0 bridgehead atoms. The van der Waals surface area contributed by atoms with Gasteiger partial charge >= 0.3 is 0 Å². The molecule has 0 saturated carbocycles. The molecule has 0 aromatic carbocycles. The lowest BCUT2D eigenvalue weighted by atomic mass is 10.1. The molecule has 1 aliphatic heterocycles. The fourth-order valence-corrected chi connectivity index (χ4v) is 2.18. The van der Waals surface area contributed by atoms with Gasteiger partial charge in [0.2, 0.25) is 0 Å². The van der Waals surface area contributed by atoms with Crippen LogP contribution in [0.1, 0.15) is 25.8 Å². The normalized spacial score (nSPS) is 20.4. The highest BCUT2D eigenvalue weighted by Crippen LogP contribution is 2.20. The molecular weight excluding hydrogens is 226 g/mol. The SMILES string of the molecule is CC(N)CN1CCC(n2cncn2)CC1.Cl. The van der Waals surface area contributed by atoms with Crippen LogP contribution in [0.15, 0.2) is 12.7 Å². The molecule has 1 saturated heterocycles. The van der Waals surface area contributed by atoms with Crippen LogP contribution in [0.3, 0.4) is 0 Å². The second-order valence-corrected chi connectivity index (χ2v) is 4.38. The van der Waals surface area contributed by atoms with E-state index < -0.39 is 0 Å². The highest BCUT2D eigenvalue weighted by Gasteiger charge is 2.20. The van der Waals surface area contributed by atoms with E-state index in [0.29, 0.717) is 6.04 Å². The lowest BCUT2D eigenvalue weighted by molar-refractivity contribution is 0.173. The molecule has 5 nitrogen and oxygen atoms in total. The van der Waals surface area contributed by atoms with Gasteiger partial charge in [-0.05, 0) is 19.8 Å². The van der Waals surface area contributed by atoms with Crippen LogP contribution in [0, 0.1) is 0 Å². The summed E-state index contributed by atoms with van der Waals surface area (Å²) in [6.07, 6.45) is 5.71. The molecule has 0 amide bonds. The Morgan fingerprint density at radius 2 is 2.12 bits per heavy atom. The number of hydrogen-bond acceptors (Lipinski definition) is 4. The number of piperidine rings is 1. The molecule has 1 aromatic rings. The summed E-state index contributed by atoms with van der Waals surface area (Å²) >= 11 is 0. The monoisotopic (exact) mass is 245 g/mol. The molecule has 2 rings (SSSR count). The second kappa shape index (κ2) is 6.18. The maximum Gasteiger partial charge on any atom is 0.137 e. The van der Waals surface area contributed by atoms with Crippen LogP contribution in [0.4, 0.5) is 0 Å². The molecular formula is C10H20ClN5. The quantitative estimate of drug-likeness (QED) is 0.851. The average Bonchev–Trinajstić information content (AvgIpc) is 2.71. The molecule has 0 aliphatic carbocycles. The van der Waals surface area contributed by atoms with E-state index >= 15 is 0 Å². The molecule has 2 N–H and O–H groups in total. The smallest absolute Gasteiger partial charge is 0.137 e. The minimum Gasteiger partial charge on any atom is -0.327 e. The van der Waals surface area contributed by atoms with Crippen LogP contribution in [0.25, 0.3) is 0 Å². The van der Waals surface area contributed by atoms with Gasteiger partial charge in [0, 0.05) is 25.7 Å². The van der Waals surface area contributed by atoms with E-state index in [4.69, 9.17) is 5.73 Å². The predicted molar refractivity (Wildman–Crippen MR) is 65.6 cm³/mol. The fraction of sp³-hybridized carbons (Fsp3) is 0.800. The molecule has 0 spiro atoms. The predicted octanol–water partition coefficient (Wildman–Crippen LogP) is 0.684. The van der Waals surface area contributed by atoms with Crippen molar-refractivity contribution in [3.8, 4) is 0 Å². The molecule has 16 heavy (non-hydrogen) atoms. The van der Waals surface area contributed by atoms with Crippen molar-refractivity contribution in [1.29, 1.82) is 0 Å². The third-order valence-electron chi connectivity index (χ3n) is 2.91. The Hall–Kier alpha value is -0.650. The summed E-state index contributed by atoms with van der Waals surface area (Å²) in [6.45, 7) is 5.30. The van der Waals surface area contributed by atoms with Crippen molar-refractivity contribution in [3.63, 3.8) is 0 Å². The van der Waals surface area contributed by atoms with Crippen molar-refractivity contribution >= 4 is 12.4 Å². The van der Waals surface area contributed by atoms with Crippen LogP contribution < -0.4 is 5.73 Å². The summed E-state index contributed by atoms with van der Waals surface area (Å²) in [5, 5.41) is 4.19. The molecule has 1 fully saturated rings. The van der Waals surface area contributed by atoms with Gasteiger partial charge < -0.3 is 10.6 Å². The Labute approximate surface area is 102 Å². The third-order valence-corrected chi connectivity index (χ3v) is 2.91. The van der Waals surface area contributed by atoms with E-state index in [-0.39, 0.29) is 18.4 Å². The van der Waals surface area contributed by atoms with Crippen molar-refractivity contribution in [2.45, 2.75) is 31.8 Å². The second-order valence-electron chi connectivity index (χ2n) is 4.38. The van der Waals surface area contributed by atoms with Gasteiger partial charge in [-0.3, -0.25) is 0 Å². The van der Waals surface area contributed by atoms with E-state index in [9.17, 15) is 0 Å². The standard InChI is InChI=1S/C10H19N5.ClH/c1-9(11)6-14-4-2-10(3-5-14)15-8-12-7-13-15;/h7-10H,2-6,11H2,1H3;1H. The molecule has 1 atom stereocenters. The van der Waals surface area contributed by atoms with Crippen molar-refractivity contribution in [2.24, 2.45) is 5.73 Å². The van der Waals surface area contributed by atoms with E-state index in [1.165, 1.54) is 0 Å². The largest absolute Gasteiger partial charge is 0.327 e. The molecule has 1 unspecified atom stereocenters. The Kier molecular flexibility index (Phi) is 5.18. The summed E-state index contributed by atoms with van der Waals surface area (Å²) in [6, 6.07) is 0.796. The number of hydrogen-bond donors (Lipinski definition) is 1. The Morgan fingerprint density at radius 1 is 1.44 bits per heavy atom. The molecule has 0 radical (unpaired) electrons. The van der Waals surface area contributed by atoms with E-state index in [0.717, 1.165) is 32.5 Å².